The first-order chi connectivity index (χ1) is 18.9. The molecular weight excluding hydrogens is 603 g/mol. The third-order valence-electron chi connectivity index (χ3n) is 7.10. The lowest BCUT2D eigenvalue weighted by Gasteiger charge is -2.35. The van der Waals surface area contributed by atoms with Crippen molar-refractivity contribution in [1.82, 2.24) is 29.4 Å². The van der Waals surface area contributed by atoms with Gasteiger partial charge in [0.1, 0.15) is 20.9 Å². The van der Waals surface area contributed by atoms with E-state index in [-0.39, 0.29) is 5.95 Å². The van der Waals surface area contributed by atoms with Crippen molar-refractivity contribution < 1.29 is 4.74 Å². The molecule has 0 amide bonds. The number of aromatic nitrogens is 5. The first kappa shape index (κ1) is 27.1. The molecule has 0 aromatic carbocycles. The van der Waals surface area contributed by atoms with Gasteiger partial charge in [0.25, 0.3) is 0 Å². The highest BCUT2D eigenvalue weighted by Gasteiger charge is 2.18. The molecule has 0 aliphatic carbocycles. The van der Waals surface area contributed by atoms with Crippen LogP contribution in [0.5, 0.6) is 5.75 Å². The minimum absolute atomic E-state index is 0.250. The van der Waals surface area contributed by atoms with Gasteiger partial charge in [-0.25, -0.2) is 9.97 Å². The fourth-order valence-electron chi connectivity index (χ4n) is 5.06. The van der Waals surface area contributed by atoms with Gasteiger partial charge in [-0.05, 0) is 61.5 Å². The summed E-state index contributed by atoms with van der Waals surface area (Å²) < 4.78 is 8.46. The molecule has 39 heavy (non-hydrogen) atoms. The van der Waals surface area contributed by atoms with Crippen LogP contribution in [0.15, 0.2) is 36.8 Å². The van der Waals surface area contributed by atoms with Crippen LogP contribution in [0.4, 0.5) is 11.8 Å². The second-order valence-electron chi connectivity index (χ2n) is 9.71. The Morgan fingerprint density at radius 1 is 1.10 bits per heavy atom. The average molecular weight is 637 g/mol. The summed E-state index contributed by atoms with van der Waals surface area (Å²) in [5, 5.41) is 0.930. The van der Waals surface area contributed by atoms with Crippen LogP contribution in [0.3, 0.4) is 0 Å². The fraction of sp³-hybridized carbons (Fsp3) is 0.379. The minimum Gasteiger partial charge on any atom is -0.496 e. The van der Waals surface area contributed by atoms with Gasteiger partial charge in [0.2, 0.25) is 5.95 Å². The molecule has 5 heterocycles. The van der Waals surface area contributed by atoms with Crippen LogP contribution in [0.2, 0.25) is 0 Å². The summed E-state index contributed by atoms with van der Waals surface area (Å²) in [6.07, 6.45) is 7.60. The van der Waals surface area contributed by atoms with Crippen molar-refractivity contribution in [3.8, 4) is 17.6 Å². The predicted molar refractivity (Wildman–Crippen MR) is 163 cm³/mol. The Bertz CT molecular complexity index is 1520. The molecule has 10 heteroatoms. The van der Waals surface area contributed by atoms with E-state index in [9.17, 15) is 0 Å². The van der Waals surface area contributed by atoms with Crippen LogP contribution in [-0.2, 0) is 6.54 Å². The Morgan fingerprint density at radius 2 is 1.92 bits per heavy atom. The number of aryl methyl sites for hydroxylation is 1. The summed E-state index contributed by atoms with van der Waals surface area (Å²) in [5.41, 5.74) is 10.7. The number of pyridine rings is 2. The number of anilines is 2. The first-order valence-corrected chi connectivity index (χ1v) is 14.2. The summed E-state index contributed by atoms with van der Waals surface area (Å²) in [4.78, 5) is 23.0. The number of nitrogen functional groups attached to an aromatic ring is 1. The topological polar surface area (TPSA) is 98.2 Å². The second kappa shape index (κ2) is 12.2. The molecule has 0 spiro atoms. The van der Waals surface area contributed by atoms with Gasteiger partial charge >= 0.3 is 0 Å². The molecule has 4 aromatic heterocycles. The van der Waals surface area contributed by atoms with Gasteiger partial charge in [0.05, 0.1) is 30.3 Å². The lowest BCUT2D eigenvalue weighted by atomic mass is 10.1. The molecular formula is C29H33IN8O. The largest absolute Gasteiger partial charge is 0.496 e. The number of rotatable bonds is 7. The van der Waals surface area contributed by atoms with Crippen LogP contribution in [0.1, 0.15) is 35.2 Å². The molecule has 4 aromatic rings. The standard InChI is InChI=1S/C29H33IN8O/c1-20-17-33-23(21(2)26(20)39-3)19-38-18-22(25-27(30)34-29(31)35-28(25)38)9-5-4-8-12-36-13-15-37(16-14-36)24-10-6-7-11-32-24/h6-7,10-11,17-18H,4,8,12-16,19H2,1-3H3,(H2,31,34,35). The third kappa shape index (κ3) is 6.09. The number of nitrogens with zero attached hydrogens (tertiary/aromatic N) is 7. The zero-order chi connectivity index (χ0) is 27.4. The molecule has 1 saturated heterocycles. The number of hydrogen-bond acceptors (Lipinski definition) is 8. The van der Waals surface area contributed by atoms with E-state index in [1.807, 2.05) is 44.6 Å². The monoisotopic (exact) mass is 636 g/mol. The number of halogens is 1. The van der Waals surface area contributed by atoms with Crippen molar-refractivity contribution in [1.29, 1.82) is 0 Å². The van der Waals surface area contributed by atoms with E-state index in [2.05, 4.69) is 74.8 Å². The summed E-state index contributed by atoms with van der Waals surface area (Å²) in [5.74, 6) is 8.95. The van der Waals surface area contributed by atoms with E-state index in [0.29, 0.717) is 6.54 Å². The van der Waals surface area contributed by atoms with E-state index in [1.165, 1.54) is 0 Å². The van der Waals surface area contributed by atoms with Crippen LogP contribution < -0.4 is 15.4 Å². The van der Waals surface area contributed by atoms with Crippen molar-refractivity contribution in [2.45, 2.75) is 33.2 Å². The predicted octanol–water partition coefficient (Wildman–Crippen LogP) is 4.04. The van der Waals surface area contributed by atoms with E-state index in [0.717, 1.165) is 94.3 Å². The molecule has 0 unspecified atom stereocenters. The summed E-state index contributed by atoms with van der Waals surface area (Å²) >= 11 is 2.22. The Kier molecular flexibility index (Phi) is 8.47. The molecule has 0 atom stereocenters. The SMILES string of the molecule is COc1c(C)cnc(Cn2cc(C#CCCCN3CCN(c4ccccn4)CC3)c3c(I)nc(N)nc32)c1C. The normalized spacial score (nSPS) is 13.9. The van der Waals surface area contributed by atoms with Crippen molar-refractivity contribution >= 4 is 45.4 Å². The van der Waals surface area contributed by atoms with Crippen LogP contribution in [0, 0.1) is 29.4 Å². The molecule has 9 nitrogen and oxygen atoms in total. The second-order valence-corrected chi connectivity index (χ2v) is 10.7. The zero-order valence-corrected chi connectivity index (χ0v) is 24.8. The lowest BCUT2D eigenvalue weighted by molar-refractivity contribution is 0.255. The molecule has 1 aliphatic heterocycles. The van der Waals surface area contributed by atoms with Gasteiger partial charge in [-0.2, -0.15) is 4.98 Å². The number of ether oxygens (including phenoxy) is 1. The average Bonchev–Trinajstić information content (AvgIpc) is 3.28. The molecule has 2 N–H and O–H groups in total. The fourth-order valence-corrected chi connectivity index (χ4v) is 5.84. The van der Waals surface area contributed by atoms with Gasteiger partial charge in [-0.1, -0.05) is 17.9 Å². The van der Waals surface area contributed by atoms with E-state index >= 15 is 0 Å². The number of nitrogens with two attached hydrogens (primary N) is 1. The zero-order valence-electron chi connectivity index (χ0n) is 22.6. The quantitative estimate of drug-likeness (QED) is 0.141. The summed E-state index contributed by atoms with van der Waals surface area (Å²) in [6, 6.07) is 6.09. The lowest BCUT2D eigenvalue weighted by Crippen LogP contribution is -2.46. The third-order valence-corrected chi connectivity index (χ3v) is 7.88. The Morgan fingerprint density at radius 3 is 2.67 bits per heavy atom. The Labute approximate surface area is 242 Å². The highest BCUT2D eigenvalue weighted by molar-refractivity contribution is 14.1. The van der Waals surface area contributed by atoms with Crippen LogP contribution in [-0.4, -0.2) is 69.2 Å². The Balaban J connectivity index is 1.26. The van der Waals surface area contributed by atoms with Crippen LogP contribution in [0.25, 0.3) is 11.0 Å². The number of hydrogen-bond donors (Lipinski definition) is 1. The van der Waals surface area contributed by atoms with Gasteiger partial charge in [0.15, 0.2) is 0 Å². The minimum atomic E-state index is 0.250. The van der Waals surface area contributed by atoms with Gasteiger partial charge in [-0.3, -0.25) is 9.88 Å². The number of fused-ring (bicyclic) bond motifs is 1. The van der Waals surface area contributed by atoms with Crippen molar-refractivity contribution in [3.63, 3.8) is 0 Å². The van der Waals surface area contributed by atoms with Gasteiger partial charge in [-0.15, -0.1) is 0 Å². The maximum atomic E-state index is 6.02. The smallest absolute Gasteiger partial charge is 0.223 e. The molecule has 0 bridgehead atoms. The first-order valence-electron chi connectivity index (χ1n) is 13.1. The Hall–Kier alpha value is -3.43. The van der Waals surface area contributed by atoms with Crippen LogP contribution >= 0.6 is 22.6 Å². The molecule has 0 radical (unpaired) electrons. The van der Waals surface area contributed by atoms with Crippen molar-refractivity contribution in [3.05, 3.63) is 62.9 Å². The molecule has 0 saturated carbocycles. The summed E-state index contributed by atoms with van der Waals surface area (Å²) in [6.45, 7) is 9.72. The number of methoxy groups -OCH3 is 1. The molecule has 1 fully saturated rings. The highest BCUT2D eigenvalue weighted by atomic mass is 127. The van der Waals surface area contributed by atoms with Gasteiger partial charge < -0.3 is 19.9 Å². The highest BCUT2D eigenvalue weighted by Crippen LogP contribution is 2.28. The number of piperazine rings is 1. The van der Waals surface area contributed by atoms with E-state index < -0.39 is 0 Å². The molecule has 202 valence electrons. The van der Waals surface area contributed by atoms with Gasteiger partial charge in [0, 0.05) is 62.3 Å². The maximum absolute atomic E-state index is 6.02. The summed E-state index contributed by atoms with van der Waals surface area (Å²) in [7, 11) is 1.69. The number of unbranched alkanes of at least 4 members (excludes halogenated alkanes) is 1. The maximum Gasteiger partial charge on any atom is 0.223 e. The van der Waals surface area contributed by atoms with E-state index in [4.69, 9.17) is 10.5 Å². The van der Waals surface area contributed by atoms with E-state index in [1.54, 1.807) is 7.11 Å². The molecule has 1 aliphatic rings. The molecule has 5 rings (SSSR count). The van der Waals surface area contributed by atoms with Crippen molar-refractivity contribution in [2.24, 2.45) is 0 Å². The van der Waals surface area contributed by atoms with Crippen molar-refractivity contribution in [2.75, 3.05) is 50.5 Å².